The molecule has 0 saturated heterocycles. The van der Waals surface area contributed by atoms with Gasteiger partial charge in [-0.25, -0.2) is 19.7 Å². The monoisotopic (exact) mass is 566 g/mol. The van der Waals surface area contributed by atoms with E-state index in [4.69, 9.17) is 9.72 Å². The maximum atomic E-state index is 13.2. The highest BCUT2D eigenvalue weighted by molar-refractivity contribution is 5.92. The molecule has 0 radical (unpaired) electrons. The van der Waals surface area contributed by atoms with Crippen LogP contribution < -0.4 is 10.1 Å². The number of ether oxygens (including phenoxy) is 1. The standard InChI is InChI=1S/C29H29F3N6O3/c1-16(18-4-2-5-18)34-24-23-25(36-26(35-24)28(39)40)37-27(22-14-21(12-13-33-22)41-20-6-3-7-20)38(23)15-17-8-10-19(11-9-17)29(30,31)32/h8-14,16,18,20H,2-7,15H2,1H3,(H,39,40)(H,34,35,36). The number of fused-ring (bicyclic) bond motifs is 1. The predicted octanol–water partition coefficient (Wildman–Crippen LogP) is 6.19. The van der Waals surface area contributed by atoms with Crippen LogP contribution in [0.15, 0.2) is 42.6 Å². The number of pyridine rings is 1. The third-order valence-electron chi connectivity index (χ3n) is 7.95. The van der Waals surface area contributed by atoms with Gasteiger partial charge in [-0.15, -0.1) is 0 Å². The van der Waals surface area contributed by atoms with E-state index in [0.717, 1.165) is 50.7 Å². The summed E-state index contributed by atoms with van der Waals surface area (Å²) in [6.07, 6.45) is 3.62. The van der Waals surface area contributed by atoms with Crippen molar-refractivity contribution in [3.8, 4) is 17.3 Å². The van der Waals surface area contributed by atoms with E-state index in [1.807, 2.05) is 6.92 Å². The van der Waals surface area contributed by atoms with Crippen molar-refractivity contribution in [3.63, 3.8) is 0 Å². The molecule has 1 aromatic carbocycles. The number of aromatic carboxylic acids is 1. The first-order chi connectivity index (χ1) is 19.7. The Kier molecular flexibility index (Phi) is 7.00. The number of nitrogens with zero attached hydrogens (tertiary/aromatic N) is 5. The Morgan fingerprint density at radius 3 is 2.44 bits per heavy atom. The number of hydrogen-bond acceptors (Lipinski definition) is 7. The molecule has 0 spiro atoms. The number of alkyl halides is 3. The zero-order valence-electron chi connectivity index (χ0n) is 22.4. The van der Waals surface area contributed by atoms with Gasteiger partial charge in [-0.1, -0.05) is 18.6 Å². The smallest absolute Gasteiger partial charge is 0.416 e. The van der Waals surface area contributed by atoms with Gasteiger partial charge in [0, 0.05) is 24.8 Å². The van der Waals surface area contributed by atoms with Crippen LogP contribution in [0, 0.1) is 5.92 Å². The zero-order chi connectivity index (χ0) is 28.7. The molecule has 3 heterocycles. The second-order valence-corrected chi connectivity index (χ2v) is 10.8. The minimum atomic E-state index is -4.45. The van der Waals surface area contributed by atoms with Crippen molar-refractivity contribution < 1.29 is 27.8 Å². The van der Waals surface area contributed by atoms with Crippen LogP contribution in [-0.4, -0.2) is 47.7 Å². The van der Waals surface area contributed by atoms with Gasteiger partial charge in [-0.3, -0.25) is 4.98 Å². The van der Waals surface area contributed by atoms with E-state index in [1.54, 1.807) is 22.9 Å². The lowest BCUT2D eigenvalue weighted by Crippen LogP contribution is -2.31. The van der Waals surface area contributed by atoms with E-state index in [2.05, 4.69) is 20.3 Å². The second kappa shape index (κ2) is 10.6. The molecule has 4 aromatic rings. The van der Waals surface area contributed by atoms with Gasteiger partial charge in [0.15, 0.2) is 17.3 Å². The lowest BCUT2D eigenvalue weighted by molar-refractivity contribution is -0.137. The van der Waals surface area contributed by atoms with Crippen LogP contribution in [0.2, 0.25) is 0 Å². The number of anilines is 1. The van der Waals surface area contributed by atoms with E-state index in [9.17, 15) is 23.1 Å². The third-order valence-corrected chi connectivity index (χ3v) is 7.95. The lowest BCUT2D eigenvalue weighted by Gasteiger charge is -2.32. The van der Waals surface area contributed by atoms with Gasteiger partial charge in [-0.05, 0) is 68.7 Å². The van der Waals surface area contributed by atoms with Crippen molar-refractivity contribution in [3.05, 3.63) is 59.5 Å². The fourth-order valence-corrected chi connectivity index (χ4v) is 5.12. The zero-order valence-corrected chi connectivity index (χ0v) is 22.4. The molecule has 1 atom stereocenters. The fraction of sp³-hybridized carbons (Fsp3) is 0.414. The minimum Gasteiger partial charge on any atom is -0.490 e. The number of rotatable bonds is 9. The molecule has 214 valence electrons. The molecule has 2 aliphatic carbocycles. The highest BCUT2D eigenvalue weighted by atomic mass is 19.4. The van der Waals surface area contributed by atoms with Crippen molar-refractivity contribution in [2.75, 3.05) is 5.32 Å². The molecule has 12 heteroatoms. The van der Waals surface area contributed by atoms with Gasteiger partial charge in [0.1, 0.15) is 17.0 Å². The molecule has 41 heavy (non-hydrogen) atoms. The Hall–Kier alpha value is -4.22. The van der Waals surface area contributed by atoms with E-state index >= 15 is 0 Å². The Balaban J connectivity index is 1.48. The SMILES string of the molecule is CC(Nc1nc(C(=O)O)nc2nc(-c3cc(OC4CCC4)ccn3)n(Cc3ccc(C(F)(F)F)cc3)c12)C1CCC1. The van der Waals surface area contributed by atoms with Gasteiger partial charge in [0.25, 0.3) is 0 Å². The number of carbonyl (C=O) groups is 1. The summed E-state index contributed by atoms with van der Waals surface area (Å²) in [7, 11) is 0. The molecule has 2 N–H and O–H groups in total. The molecule has 9 nitrogen and oxygen atoms in total. The average Bonchev–Trinajstić information content (AvgIpc) is 3.23. The predicted molar refractivity (Wildman–Crippen MR) is 145 cm³/mol. The summed E-state index contributed by atoms with van der Waals surface area (Å²) in [5.41, 5.74) is 0.894. The summed E-state index contributed by atoms with van der Waals surface area (Å²) in [5.74, 6) is 0.0262. The number of imidazole rings is 1. The number of carboxylic acid groups (broad SMARTS) is 1. The molecular weight excluding hydrogens is 537 g/mol. The molecule has 2 aliphatic rings. The van der Waals surface area contributed by atoms with Crippen molar-refractivity contribution in [1.82, 2.24) is 24.5 Å². The molecule has 2 saturated carbocycles. The Morgan fingerprint density at radius 2 is 1.83 bits per heavy atom. The highest BCUT2D eigenvalue weighted by Gasteiger charge is 2.31. The van der Waals surface area contributed by atoms with Crippen molar-refractivity contribution >= 4 is 23.0 Å². The lowest BCUT2D eigenvalue weighted by atomic mass is 9.80. The summed E-state index contributed by atoms with van der Waals surface area (Å²) in [5, 5.41) is 13.1. The van der Waals surface area contributed by atoms with Crippen LogP contribution in [0.4, 0.5) is 19.0 Å². The van der Waals surface area contributed by atoms with Gasteiger partial charge in [0.05, 0.1) is 11.7 Å². The molecule has 6 rings (SSSR count). The maximum absolute atomic E-state index is 13.2. The van der Waals surface area contributed by atoms with Crippen LogP contribution in [0.3, 0.4) is 0 Å². The summed E-state index contributed by atoms with van der Waals surface area (Å²) in [4.78, 5) is 29.7. The number of halogens is 3. The van der Waals surface area contributed by atoms with Crippen LogP contribution in [0.25, 0.3) is 22.7 Å². The number of aromatic nitrogens is 5. The van der Waals surface area contributed by atoms with Crippen LogP contribution in [-0.2, 0) is 12.7 Å². The maximum Gasteiger partial charge on any atom is 0.416 e. The van der Waals surface area contributed by atoms with E-state index < -0.39 is 23.5 Å². The van der Waals surface area contributed by atoms with Gasteiger partial charge < -0.3 is 19.7 Å². The van der Waals surface area contributed by atoms with Gasteiger partial charge >= 0.3 is 12.1 Å². The topological polar surface area (TPSA) is 115 Å². The third kappa shape index (κ3) is 5.55. The molecule has 0 amide bonds. The van der Waals surface area contributed by atoms with E-state index in [-0.39, 0.29) is 24.3 Å². The first kappa shape index (κ1) is 27.0. The largest absolute Gasteiger partial charge is 0.490 e. The van der Waals surface area contributed by atoms with Crippen LogP contribution in [0.1, 0.15) is 67.2 Å². The number of nitrogens with one attached hydrogen (secondary N) is 1. The first-order valence-corrected chi connectivity index (χ1v) is 13.7. The summed E-state index contributed by atoms with van der Waals surface area (Å²) in [6, 6.07) is 8.45. The Labute approximate surface area is 233 Å². The number of hydrogen-bond donors (Lipinski definition) is 2. The summed E-state index contributed by atoms with van der Waals surface area (Å²) >= 11 is 0. The normalized spacial score (nSPS) is 16.7. The Bertz CT molecular complexity index is 1580. The Morgan fingerprint density at radius 1 is 1.10 bits per heavy atom. The fourth-order valence-electron chi connectivity index (χ4n) is 5.12. The minimum absolute atomic E-state index is 0.0127. The second-order valence-electron chi connectivity index (χ2n) is 10.8. The molecule has 2 fully saturated rings. The quantitative estimate of drug-likeness (QED) is 0.247. The molecular formula is C29H29F3N6O3. The molecule has 0 bridgehead atoms. The highest BCUT2D eigenvalue weighted by Crippen LogP contribution is 2.35. The van der Waals surface area contributed by atoms with Crippen molar-refractivity contribution in [1.29, 1.82) is 0 Å². The van der Waals surface area contributed by atoms with Crippen LogP contribution in [0.5, 0.6) is 5.75 Å². The van der Waals surface area contributed by atoms with Crippen molar-refractivity contribution in [2.45, 2.75) is 70.3 Å². The molecule has 0 aliphatic heterocycles. The van der Waals surface area contributed by atoms with Crippen LogP contribution >= 0.6 is 0 Å². The van der Waals surface area contributed by atoms with Crippen molar-refractivity contribution in [2.24, 2.45) is 5.92 Å². The first-order valence-electron chi connectivity index (χ1n) is 13.7. The summed E-state index contributed by atoms with van der Waals surface area (Å²) in [6.45, 7) is 2.15. The van der Waals surface area contributed by atoms with Gasteiger partial charge in [-0.2, -0.15) is 13.2 Å². The number of benzene rings is 1. The van der Waals surface area contributed by atoms with E-state index in [1.165, 1.54) is 12.1 Å². The molecule has 1 unspecified atom stereocenters. The number of carboxylic acids is 1. The molecule has 3 aromatic heterocycles. The summed E-state index contributed by atoms with van der Waals surface area (Å²) < 4.78 is 47.5. The average molecular weight is 567 g/mol. The van der Waals surface area contributed by atoms with E-state index in [0.29, 0.717) is 40.1 Å². The van der Waals surface area contributed by atoms with Gasteiger partial charge in [0.2, 0.25) is 5.82 Å².